The van der Waals surface area contributed by atoms with Crippen LogP contribution in [-0.4, -0.2) is 23.3 Å². The molecule has 5 nitrogen and oxygen atoms in total. The number of nitrogens with two attached hydrogens (primary N) is 2. The van der Waals surface area contributed by atoms with E-state index in [4.69, 9.17) is 16.5 Å². The predicted octanol–water partition coefficient (Wildman–Crippen LogP) is 3.69. The Morgan fingerprint density at radius 1 is 1.12 bits per heavy atom. The van der Waals surface area contributed by atoms with E-state index in [0.29, 0.717) is 11.9 Å². The van der Waals surface area contributed by atoms with Crippen molar-refractivity contribution in [2.45, 2.75) is 62.4 Å². The minimum absolute atomic E-state index is 0.303. The molecule has 1 aromatic carbocycles. The van der Waals surface area contributed by atoms with Gasteiger partial charge in [-0.05, 0) is 62.1 Å². The molecule has 0 saturated heterocycles. The van der Waals surface area contributed by atoms with Gasteiger partial charge in [0.2, 0.25) is 11.9 Å². The number of rotatable bonds is 5. The van der Waals surface area contributed by atoms with E-state index in [9.17, 15) is 0 Å². The third-order valence-electron chi connectivity index (χ3n) is 4.71. The number of nitrogens with zero attached hydrogens (tertiary/aromatic N) is 3. The van der Waals surface area contributed by atoms with E-state index in [1.165, 1.54) is 24.2 Å². The van der Waals surface area contributed by atoms with Crippen LogP contribution in [0.1, 0.15) is 51.9 Å². The Bertz CT molecular complexity index is 617. The highest BCUT2D eigenvalue weighted by Crippen LogP contribution is 2.39. The zero-order valence-corrected chi connectivity index (χ0v) is 15.2. The molecule has 1 aliphatic heterocycles. The average molecular weight is 346 g/mol. The Kier molecular flexibility index (Phi) is 5.33. The van der Waals surface area contributed by atoms with Crippen molar-refractivity contribution < 1.29 is 0 Å². The van der Waals surface area contributed by atoms with Gasteiger partial charge in [-0.15, -0.1) is 11.8 Å². The van der Waals surface area contributed by atoms with E-state index < -0.39 is 0 Å². The van der Waals surface area contributed by atoms with Gasteiger partial charge < -0.3 is 11.5 Å². The summed E-state index contributed by atoms with van der Waals surface area (Å²) >= 11 is 1.90. The van der Waals surface area contributed by atoms with Crippen LogP contribution in [-0.2, 0) is 0 Å². The van der Waals surface area contributed by atoms with Gasteiger partial charge in [0.25, 0.3) is 0 Å². The third kappa shape index (κ3) is 3.53. The molecule has 130 valence electrons. The molecule has 0 atom stereocenters. The van der Waals surface area contributed by atoms with Crippen LogP contribution in [0.5, 0.6) is 0 Å². The van der Waals surface area contributed by atoms with Crippen LogP contribution in [0, 0.1) is 0 Å². The smallest absolute Gasteiger partial charge is 0.220 e. The monoisotopic (exact) mass is 345 g/mol. The summed E-state index contributed by atoms with van der Waals surface area (Å²) in [5.41, 5.74) is 12.9. The molecule has 0 radical (unpaired) electrons. The molecule has 3 rings (SSSR count). The highest BCUT2D eigenvalue weighted by Gasteiger charge is 2.42. The molecule has 1 fully saturated rings. The number of thioether (sulfide) groups is 1. The second-order valence-electron chi connectivity index (χ2n) is 6.51. The summed E-state index contributed by atoms with van der Waals surface area (Å²) in [4.78, 5) is 12.3. The molecule has 1 heterocycles. The molecule has 1 spiro atoms. The summed E-state index contributed by atoms with van der Waals surface area (Å²) < 4.78 is 0. The van der Waals surface area contributed by atoms with Crippen molar-refractivity contribution in [3.8, 4) is 0 Å². The maximum atomic E-state index is 6.25. The molecule has 4 N–H and O–H groups in total. The number of unbranched alkanes of at least 4 members (excludes halogenated alkanes) is 1. The van der Waals surface area contributed by atoms with Crippen LogP contribution in [0.15, 0.2) is 39.1 Å². The lowest BCUT2D eigenvalue weighted by Gasteiger charge is -2.45. The lowest BCUT2D eigenvalue weighted by atomic mass is 9.87. The number of anilines is 1. The molecule has 0 aromatic heterocycles. The lowest BCUT2D eigenvalue weighted by Crippen LogP contribution is -2.58. The van der Waals surface area contributed by atoms with E-state index in [1.807, 2.05) is 11.8 Å². The first-order valence-electron chi connectivity index (χ1n) is 8.87. The number of aliphatic imine (C=N–C) groups is 2. The largest absolute Gasteiger partial charge is 0.369 e. The van der Waals surface area contributed by atoms with Crippen molar-refractivity contribution in [2.75, 3.05) is 10.7 Å². The van der Waals surface area contributed by atoms with Crippen molar-refractivity contribution in [1.29, 1.82) is 0 Å². The zero-order chi connectivity index (χ0) is 17.0. The van der Waals surface area contributed by atoms with Gasteiger partial charge >= 0.3 is 0 Å². The Balaban J connectivity index is 1.84. The first kappa shape index (κ1) is 17.1. The molecule has 2 aliphatic rings. The Morgan fingerprint density at radius 3 is 2.50 bits per heavy atom. The van der Waals surface area contributed by atoms with E-state index in [1.54, 1.807) is 0 Å². The summed E-state index contributed by atoms with van der Waals surface area (Å²) in [5.74, 6) is 1.92. The summed E-state index contributed by atoms with van der Waals surface area (Å²) in [7, 11) is 0. The van der Waals surface area contributed by atoms with Crippen LogP contribution in [0.25, 0.3) is 0 Å². The first-order chi connectivity index (χ1) is 11.6. The Labute approximate surface area is 148 Å². The summed E-state index contributed by atoms with van der Waals surface area (Å²) in [5, 5.41) is 0. The molecule has 1 saturated carbocycles. The maximum Gasteiger partial charge on any atom is 0.220 e. The fraction of sp³-hybridized carbons (Fsp3) is 0.556. The molecular formula is C18H27N5S. The fourth-order valence-corrected chi connectivity index (χ4v) is 4.52. The third-order valence-corrected chi connectivity index (χ3v) is 5.81. The van der Waals surface area contributed by atoms with Gasteiger partial charge in [-0.1, -0.05) is 19.8 Å². The van der Waals surface area contributed by atoms with Crippen molar-refractivity contribution in [3.63, 3.8) is 0 Å². The second kappa shape index (κ2) is 7.47. The van der Waals surface area contributed by atoms with E-state index in [-0.39, 0.29) is 5.66 Å². The maximum absolute atomic E-state index is 6.25. The second-order valence-corrected chi connectivity index (χ2v) is 7.68. The minimum atomic E-state index is -0.356. The summed E-state index contributed by atoms with van der Waals surface area (Å²) in [6.45, 7) is 2.22. The standard InChI is InChI=1S/C18H27N5S/c1-2-3-13-24-15-9-7-14(8-10-15)23-17(20)21-16(19)22-18(23)11-5-4-6-12-18/h7-10H,2-6,11-13H2,1H3,(H4,19,20,21,22). The Morgan fingerprint density at radius 2 is 1.83 bits per heavy atom. The van der Waals surface area contributed by atoms with Gasteiger partial charge in [0.1, 0.15) is 5.66 Å². The lowest BCUT2D eigenvalue weighted by molar-refractivity contribution is 0.305. The summed E-state index contributed by atoms with van der Waals surface area (Å²) in [6, 6.07) is 8.59. The molecule has 6 heteroatoms. The van der Waals surface area contributed by atoms with Gasteiger partial charge in [0, 0.05) is 10.6 Å². The molecule has 1 aromatic rings. The predicted molar refractivity (Wildman–Crippen MR) is 104 cm³/mol. The first-order valence-corrected chi connectivity index (χ1v) is 9.86. The number of hydrogen-bond donors (Lipinski definition) is 2. The van der Waals surface area contributed by atoms with Crippen LogP contribution in [0.2, 0.25) is 0 Å². The van der Waals surface area contributed by atoms with Gasteiger partial charge in [0.05, 0.1) is 0 Å². The van der Waals surface area contributed by atoms with Gasteiger partial charge in [0.15, 0.2) is 0 Å². The van der Waals surface area contributed by atoms with E-state index >= 15 is 0 Å². The minimum Gasteiger partial charge on any atom is -0.369 e. The molecule has 1 aliphatic carbocycles. The van der Waals surface area contributed by atoms with Crippen LogP contribution in [0.3, 0.4) is 0 Å². The highest BCUT2D eigenvalue weighted by atomic mass is 32.2. The molecule has 0 amide bonds. The quantitative estimate of drug-likeness (QED) is 0.630. The van der Waals surface area contributed by atoms with Gasteiger partial charge in [-0.2, -0.15) is 4.99 Å². The van der Waals surface area contributed by atoms with Gasteiger partial charge in [-0.3, -0.25) is 4.90 Å². The topological polar surface area (TPSA) is 80.0 Å². The zero-order valence-electron chi connectivity index (χ0n) is 14.4. The molecular weight excluding hydrogens is 318 g/mol. The number of guanidine groups is 2. The highest BCUT2D eigenvalue weighted by molar-refractivity contribution is 7.99. The fourth-order valence-electron chi connectivity index (χ4n) is 3.52. The normalized spacial score (nSPS) is 20.0. The average Bonchev–Trinajstić information content (AvgIpc) is 2.56. The SMILES string of the molecule is CCCCSc1ccc(N2C(N)=NC(N)=NC23CCCCC3)cc1. The van der Waals surface area contributed by atoms with Crippen molar-refractivity contribution in [3.05, 3.63) is 24.3 Å². The molecule has 0 unspecified atom stereocenters. The van der Waals surface area contributed by atoms with Crippen LogP contribution >= 0.6 is 11.8 Å². The van der Waals surface area contributed by atoms with E-state index in [0.717, 1.165) is 37.1 Å². The van der Waals surface area contributed by atoms with Crippen molar-refractivity contribution in [1.82, 2.24) is 0 Å². The molecule has 24 heavy (non-hydrogen) atoms. The van der Waals surface area contributed by atoms with Gasteiger partial charge in [-0.25, -0.2) is 4.99 Å². The van der Waals surface area contributed by atoms with Crippen molar-refractivity contribution in [2.24, 2.45) is 21.5 Å². The Hall–Kier alpha value is -1.69. The van der Waals surface area contributed by atoms with Crippen molar-refractivity contribution >= 4 is 29.4 Å². The molecule has 0 bridgehead atoms. The van der Waals surface area contributed by atoms with E-state index in [2.05, 4.69) is 41.1 Å². The van der Waals surface area contributed by atoms with Crippen LogP contribution in [0.4, 0.5) is 5.69 Å². The summed E-state index contributed by atoms with van der Waals surface area (Å²) in [6.07, 6.45) is 7.95. The number of hydrogen-bond acceptors (Lipinski definition) is 6. The van der Waals surface area contributed by atoms with Crippen LogP contribution < -0.4 is 16.4 Å². The number of benzene rings is 1.